The Hall–Kier alpha value is -2.11. The first-order valence-corrected chi connectivity index (χ1v) is 5.98. The molecular formula is C13H12F2N4. The molecule has 0 N–H and O–H groups in total. The third-order valence-corrected chi connectivity index (χ3v) is 3.12. The zero-order chi connectivity index (χ0) is 13.4. The van der Waals surface area contributed by atoms with E-state index in [2.05, 4.69) is 15.1 Å². The van der Waals surface area contributed by atoms with Crippen molar-refractivity contribution in [2.75, 3.05) is 6.54 Å². The average molecular weight is 262 g/mol. The second kappa shape index (κ2) is 4.53. The quantitative estimate of drug-likeness (QED) is 0.835. The van der Waals surface area contributed by atoms with Crippen molar-refractivity contribution in [2.45, 2.75) is 19.8 Å². The van der Waals surface area contributed by atoms with Crippen LogP contribution in [0.1, 0.15) is 29.8 Å². The third kappa shape index (κ3) is 2.14. The lowest BCUT2D eigenvalue weighted by molar-refractivity contribution is 0.140. The highest BCUT2D eigenvalue weighted by atomic mass is 19.3. The number of hydrogen-bond acceptors (Lipinski definition) is 3. The average Bonchev–Trinajstić information content (AvgIpc) is 2.82. The number of aromatic nitrogens is 3. The minimum Gasteiger partial charge on any atom is -0.293 e. The van der Waals surface area contributed by atoms with E-state index >= 15 is 0 Å². The van der Waals surface area contributed by atoms with Crippen LogP contribution in [0.15, 0.2) is 23.3 Å². The van der Waals surface area contributed by atoms with Gasteiger partial charge in [-0.15, -0.1) is 5.10 Å². The van der Waals surface area contributed by atoms with Crippen LogP contribution in [0, 0.1) is 6.92 Å². The summed E-state index contributed by atoms with van der Waals surface area (Å²) in [6.07, 6.45) is 3.77. The number of fused-ring (bicyclic) bond motifs is 1. The minimum atomic E-state index is -2.65. The number of nitrogens with zero attached hydrogens (tertiary/aromatic N) is 4. The lowest BCUT2D eigenvalue weighted by atomic mass is 9.99. The first-order chi connectivity index (χ1) is 9.15. The molecule has 0 atom stereocenters. The number of halogens is 2. The molecule has 0 amide bonds. The number of allylic oxidation sites excluding steroid dienone is 1. The molecule has 2 aromatic heterocycles. The summed E-state index contributed by atoms with van der Waals surface area (Å²) in [6.45, 7) is 2.60. The molecule has 3 rings (SSSR count). The number of pyridine rings is 1. The van der Waals surface area contributed by atoms with Gasteiger partial charge in [0.2, 0.25) is 5.82 Å². The fourth-order valence-electron chi connectivity index (χ4n) is 2.17. The summed E-state index contributed by atoms with van der Waals surface area (Å²) >= 11 is 0. The molecule has 4 nitrogen and oxygen atoms in total. The zero-order valence-electron chi connectivity index (χ0n) is 10.3. The number of rotatable bonds is 2. The Kier molecular flexibility index (Phi) is 2.85. The van der Waals surface area contributed by atoms with Crippen LogP contribution >= 0.6 is 0 Å². The van der Waals surface area contributed by atoms with E-state index < -0.39 is 12.2 Å². The van der Waals surface area contributed by atoms with E-state index in [1.165, 1.54) is 4.52 Å². The fraction of sp³-hybridized carbons (Fsp3) is 0.308. The van der Waals surface area contributed by atoms with Gasteiger partial charge < -0.3 is 0 Å². The molecule has 0 aromatic carbocycles. The van der Waals surface area contributed by atoms with E-state index in [4.69, 9.17) is 0 Å². The van der Waals surface area contributed by atoms with E-state index in [1.807, 2.05) is 19.2 Å². The molecule has 98 valence electrons. The van der Waals surface area contributed by atoms with Gasteiger partial charge in [-0.2, -0.15) is 0 Å². The first kappa shape index (κ1) is 12.0. The number of alkyl halides is 2. The molecule has 1 aliphatic heterocycles. The van der Waals surface area contributed by atoms with Crippen LogP contribution in [-0.4, -0.2) is 27.4 Å². The highest BCUT2D eigenvalue weighted by Gasteiger charge is 2.16. The Morgan fingerprint density at radius 3 is 2.89 bits per heavy atom. The summed E-state index contributed by atoms with van der Waals surface area (Å²) in [5.74, 6) is -0.435. The standard InChI is InChI=1S/C13H12F2N4/c1-8-6-11-17-13(12(14)15)18-19(11)7-10(8)9-2-4-16-5-3-9/h2,5-7,12H,3-4H2,1H3. The van der Waals surface area contributed by atoms with Crippen molar-refractivity contribution in [1.82, 2.24) is 14.6 Å². The van der Waals surface area contributed by atoms with Gasteiger partial charge in [0, 0.05) is 18.8 Å². The molecule has 0 spiro atoms. The summed E-state index contributed by atoms with van der Waals surface area (Å²) in [5, 5.41) is 3.80. The van der Waals surface area contributed by atoms with Gasteiger partial charge in [0.15, 0.2) is 5.65 Å². The fourth-order valence-corrected chi connectivity index (χ4v) is 2.17. The van der Waals surface area contributed by atoms with Gasteiger partial charge in [-0.1, -0.05) is 6.08 Å². The SMILES string of the molecule is Cc1cc2nc(C(F)F)nn2cc1C1=CCN=CC1. The van der Waals surface area contributed by atoms with Crippen LogP contribution in [0.4, 0.5) is 8.78 Å². The topological polar surface area (TPSA) is 42.5 Å². The van der Waals surface area contributed by atoms with Gasteiger partial charge >= 0.3 is 0 Å². The van der Waals surface area contributed by atoms with Crippen molar-refractivity contribution in [3.05, 3.63) is 35.3 Å². The molecule has 1 aliphatic rings. The normalized spacial score (nSPS) is 15.3. The summed E-state index contributed by atoms with van der Waals surface area (Å²) in [4.78, 5) is 7.95. The summed E-state index contributed by atoms with van der Waals surface area (Å²) in [7, 11) is 0. The molecule has 3 heterocycles. The number of aliphatic imine (C=N–C) groups is 1. The van der Waals surface area contributed by atoms with Gasteiger partial charge in [0.25, 0.3) is 6.43 Å². The van der Waals surface area contributed by atoms with Gasteiger partial charge in [-0.05, 0) is 29.7 Å². The smallest absolute Gasteiger partial charge is 0.293 e. The van der Waals surface area contributed by atoms with Crippen LogP contribution in [-0.2, 0) is 0 Å². The van der Waals surface area contributed by atoms with Crippen LogP contribution < -0.4 is 0 Å². The van der Waals surface area contributed by atoms with Gasteiger partial charge in [0.05, 0.1) is 6.54 Å². The molecule has 0 unspecified atom stereocenters. The second-order valence-corrected chi connectivity index (χ2v) is 4.42. The zero-order valence-corrected chi connectivity index (χ0v) is 10.3. The maximum absolute atomic E-state index is 12.6. The molecule has 0 saturated heterocycles. The van der Waals surface area contributed by atoms with Crippen molar-refractivity contribution in [2.24, 2.45) is 4.99 Å². The Labute approximate surface area is 108 Å². The Balaban J connectivity index is 2.10. The molecule has 19 heavy (non-hydrogen) atoms. The van der Waals surface area contributed by atoms with Crippen LogP contribution in [0.2, 0.25) is 0 Å². The summed E-state index contributed by atoms with van der Waals surface area (Å²) < 4.78 is 26.6. The summed E-state index contributed by atoms with van der Waals surface area (Å²) in [5.41, 5.74) is 3.59. The minimum absolute atomic E-state index is 0.435. The Morgan fingerprint density at radius 1 is 1.37 bits per heavy atom. The molecule has 0 saturated carbocycles. The van der Waals surface area contributed by atoms with Gasteiger partial charge in [-0.25, -0.2) is 18.3 Å². The monoisotopic (exact) mass is 262 g/mol. The highest BCUT2D eigenvalue weighted by Crippen LogP contribution is 2.24. The summed E-state index contributed by atoms with van der Waals surface area (Å²) in [6, 6.07) is 1.78. The molecule has 0 aliphatic carbocycles. The van der Waals surface area contributed by atoms with Crippen LogP contribution in [0.25, 0.3) is 11.2 Å². The largest absolute Gasteiger partial charge is 0.299 e. The molecule has 0 radical (unpaired) electrons. The lowest BCUT2D eigenvalue weighted by Crippen LogP contribution is -1.99. The van der Waals surface area contributed by atoms with Crippen LogP contribution in [0.5, 0.6) is 0 Å². The lowest BCUT2D eigenvalue weighted by Gasteiger charge is -2.11. The van der Waals surface area contributed by atoms with Crippen molar-refractivity contribution < 1.29 is 8.78 Å². The van der Waals surface area contributed by atoms with Crippen LogP contribution in [0.3, 0.4) is 0 Å². The molecule has 6 heteroatoms. The number of dihydropyridines is 1. The van der Waals surface area contributed by atoms with Crippen molar-refractivity contribution >= 4 is 17.4 Å². The number of hydrogen-bond donors (Lipinski definition) is 0. The molecule has 0 fully saturated rings. The predicted octanol–water partition coefficient (Wildman–Crippen LogP) is 2.83. The van der Waals surface area contributed by atoms with Crippen molar-refractivity contribution in [1.29, 1.82) is 0 Å². The second-order valence-electron chi connectivity index (χ2n) is 4.42. The van der Waals surface area contributed by atoms with Crippen molar-refractivity contribution in [3.63, 3.8) is 0 Å². The van der Waals surface area contributed by atoms with E-state index in [0.29, 0.717) is 12.2 Å². The van der Waals surface area contributed by atoms with E-state index in [9.17, 15) is 8.78 Å². The van der Waals surface area contributed by atoms with Crippen molar-refractivity contribution in [3.8, 4) is 0 Å². The van der Waals surface area contributed by atoms with Gasteiger partial charge in [-0.3, -0.25) is 4.99 Å². The maximum atomic E-state index is 12.6. The van der Waals surface area contributed by atoms with E-state index in [1.54, 1.807) is 12.3 Å². The van der Waals surface area contributed by atoms with E-state index in [0.717, 1.165) is 23.1 Å². The third-order valence-electron chi connectivity index (χ3n) is 3.12. The highest BCUT2D eigenvalue weighted by molar-refractivity contribution is 5.82. The molecule has 2 aromatic rings. The first-order valence-electron chi connectivity index (χ1n) is 5.98. The Morgan fingerprint density at radius 2 is 2.21 bits per heavy atom. The van der Waals surface area contributed by atoms with E-state index in [-0.39, 0.29) is 0 Å². The maximum Gasteiger partial charge on any atom is 0.299 e. The predicted molar refractivity (Wildman–Crippen MR) is 68.6 cm³/mol. The Bertz CT molecular complexity index is 685. The van der Waals surface area contributed by atoms with Gasteiger partial charge in [0.1, 0.15) is 0 Å². The number of aryl methyl sites for hydroxylation is 1. The molecular weight excluding hydrogens is 250 g/mol. The molecule has 0 bridgehead atoms.